The summed E-state index contributed by atoms with van der Waals surface area (Å²) in [5, 5.41) is 6.08. The second kappa shape index (κ2) is 5.96. The molecule has 0 radical (unpaired) electrons. The molecule has 0 aliphatic carbocycles. The molecule has 2 aliphatic heterocycles. The first-order chi connectivity index (χ1) is 8.22. The van der Waals surface area contributed by atoms with Gasteiger partial charge in [-0.3, -0.25) is 0 Å². The van der Waals surface area contributed by atoms with Crippen molar-refractivity contribution < 1.29 is 9.53 Å². The highest BCUT2D eigenvalue weighted by atomic mass is 32.2. The van der Waals surface area contributed by atoms with Gasteiger partial charge in [0.25, 0.3) is 0 Å². The molecule has 0 saturated carbocycles. The van der Waals surface area contributed by atoms with Crippen molar-refractivity contribution in [3.8, 4) is 0 Å². The Bertz CT molecular complexity index is 275. The van der Waals surface area contributed by atoms with E-state index in [1.165, 1.54) is 0 Å². The standard InChI is InChI=1S/C12H22N2O2S/c1-3-8(7-17-2)13-12(15)14-10-6-9-4-5-11(10)16-9/h8-11H,3-7H2,1-2H3,(H2,13,14,15)/t8-,9-,10+,11-/m1/s1. The average Bonchev–Trinajstić information content (AvgIpc) is 2.90. The lowest BCUT2D eigenvalue weighted by Gasteiger charge is -2.22. The highest BCUT2D eigenvalue weighted by Gasteiger charge is 2.41. The van der Waals surface area contributed by atoms with Gasteiger partial charge in [-0.2, -0.15) is 11.8 Å². The van der Waals surface area contributed by atoms with E-state index in [-0.39, 0.29) is 24.2 Å². The fourth-order valence-electron chi connectivity index (χ4n) is 2.65. The third kappa shape index (κ3) is 3.28. The van der Waals surface area contributed by atoms with Crippen LogP contribution in [0.1, 0.15) is 32.6 Å². The summed E-state index contributed by atoms with van der Waals surface area (Å²) in [5.41, 5.74) is 0. The molecule has 0 aromatic heterocycles. The van der Waals surface area contributed by atoms with Crippen LogP contribution in [0.4, 0.5) is 4.79 Å². The van der Waals surface area contributed by atoms with Crippen molar-refractivity contribution in [2.24, 2.45) is 0 Å². The molecular formula is C12H22N2O2S. The maximum absolute atomic E-state index is 11.8. The SMILES string of the molecule is CC[C@H](CSC)NC(=O)N[C@H]1C[C@H]2CC[C@H]1O2. The van der Waals surface area contributed by atoms with Gasteiger partial charge in [-0.25, -0.2) is 4.79 Å². The summed E-state index contributed by atoms with van der Waals surface area (Å²) in [6.07, 6.45) is 6.92. The van der Waals surface area contributed by atoms with Crippen molar-refractivity contribution in [1.29, 1.82) is 0 Å². The first kappa shape index (κ1) is 13.0. The molecule has 2 amide bonds. The number of rotatable bonds is 5. The van der Waals surface area contributed by atoms with Crippen molar-refractivity contribution in [3.05, 3.63) is 0 Å². The molecule has 4 atom stereocenters. The van der Waals surface area contributed by atoms with Gasteiger partial charge in [-0.1, -0.05) is 6.92 Å². The molecule has 2 bridgehead atoms. The van der Waals surface area contributed by atoms with Gasteiger partial charge in [-0.15, -0.1) is 0 Å². The van der Waals surface area contributed by atoms with Crippen molar-refractivity contribution in [2.75, 3.05) is 12.0 Å². The van der Waals surface area contributed by atoms with E-state index in [1.807, 2.05) is 0 Å². The predicted octanol–water partition coefficient (Wildman–Crippen LogP) is 1.75. The third-order valence-electron chi connectivity index (χ3n) is 3.62. The van der Waals surface area contributed by atoms with E-state index in [9.17, 15) is 4.79 Å². The molecule has 2 saturated heterocycles. The van der Waals surface area contributed by atoms with E-state index >= 15 is 0 Å². The number of carbonyl (C=O) groups is 1. The predicted molar refractivity (Wildman–Crippen MR) is 70.4 cm³/mol. The van der Waals surface area contributed by atoms with Gasteiger partial charge in [0.15, 0.2) is 0 Å². The number of nitrogens with one attached hydrogen (secondary N) is 2. The van der Waals surface area contributed by atoms with Crippen LogP contribution >= 0.6 is 11.8 Å². The van der Waals surface area contributed by atoms with Crippen LogP contribution < -0.4 is 10.6 Å². The quantitative estimate of drug-likeness (QED) is 0.790. The highest BCUT2D eigenvalue weighted by Crippen LogP contribution is 2.34. The largest absolute Gasteiger partial charge is 0.373 e. The first-order valence-corrected chi connectivity index (χ1v) is 7.83. The number of hydrogen-bond acceptors (Lipinski definition) is 3. The fraction of sp³-hybridized carbons (Fsp3) is 0.917. The van der Waals surface area contributed by atoms with Gasteiger partial charge in [0.1, 0.15) is 0 Å². The number of ether oxygens (including phenoxy) is 1. The molecule has 17 heavy (non-hydrogen) atoms. The molecule has 0 unspecified atom stereocenters. The molecule has 2 N–H and O–H groups in total. The van der Waals surface area contributed by atoms with Gasteiger partial charge in [0.2, 0.25) is 0 Å². The minimum absolute atomic E-state index is 0.0351. The Balaban J connectivity index is 1.73. The third-order valence-corrected chi connectivity index (χ3v) is 4.35. The van der Waals surface area contributed by atoms with Crippen molar-refractivity contribution in [3.63, 3.8) is 0 Å². The first-order valence-electron chi connectivity index (χ1n) is 6.44. The molecule has 0 aromatic rings. The number of carbonyl (C=O) groups excluding carboxylic acids is 1. The van der Waals surface area contributed by atoms with Crippen LogP contribution in [0.25, 0.3) is 0 Å². The van der Waals surface area contributed by atoms with Crippen molar-refractivity contribution >= 4 is 17.8 Å². The number of urea groups is 1. The van der Waals surface area contributed by atoms with E-state index in [4.69, 9.17) is 4.74 Å². The molecule has 2 aliphatic rings. The number of fused-ring (bicyclic) bond motifs is 2. The summed E-state index contributed by atoms with van der Waals surface area (Å²) < 4.78 is 5.72. The molecule has 0 aromatic carbocycles. The Morgan fingerprint density at radius 3 is 2.88 bits per heavy atom. The van der Waals surface area contributed by atoms with Gasteiger partial charge in [0.05, 0.1) is 18.2 Å². The van der Waals surface area contributed by atoms with Gasteiger partial charge >= 0.3 is 6.03 Å². The second-order valence-electron chi connectivity index (χ2n) is 4.89. The van der Waals surface area contributed by atoms with Crippen LogP contribution in [0.15, 0.2) is 0 Å². The zero-order valence-electron chi connectivity index (χ0n) is 10.6. The summed E-state index contributed by atoms with van der Waals surface area (Å²) in [4.78, 5) is 11.8. The summed E-state index contributed by atoms with van der Waals surface area (Å²) in [5.74, 6) is 0.969. The zero-order chi connectivity index (χ0) is 12.3. The van der Waals surface area contributed by atoms with E-state index in [2.05, 4.69) is 23.8 Å². The molecule has 4 nitrogen and oxygen atoms in total. The maximum atomic E-state index is 11.8. The lowest BCUT2D eigenvalue weighted by atomic mass is 9.96. The molecular weight excluding hydrogens is 236 g/mol. The molecule has 2 rings (SSSR count). The Hall–Kier alpha value is -0.420. The van der Waals surface area contributed by atoms with E-state index in [0.717, 1.165) is 31.4 Å². The van der Waals surface area contributed by atoms with Gasteiger partial charge < -0.3 is 15.4 Å². The molecule has 98 valence electrons. The minimum Gasteiger partial charge on any atom is -0.373 e. The Morgan fingerprint density at radius 2 is 2.35 bits per heavy atom. The van der Waals surface area contributed by atoms with Crippen LogP contribution in [0, 0.1) is 0 Å². The zero-order valence-corrected chi connectivity index (χ0v) is 11.4. The molecule has 5 heteroatoms. The van der Waals surface area contributed by atoms with Crippen molar-refractivity contribution in [1.82, 2.24) is 10.6 Å². The average molecular weight is 258 g/mol. The Kier molecular flexibility index (Phi) is 4.56. The molecule has 0 spiro atoms. The van der Waals surface area contributed by atoms with Crippen LogP contribution in [0.3, 0.4) is 0 Å². The normalized spacial score (nSPS) is 32.5. The lowest BCUT2D eigenvalue weighted by Crippen LogP contribution is -2.49. The summed E-state index contributed by atoms with van der Waals surface area (Å²) in [6.45, 7) is 2.10. The lowest BCUT2D eigenvalue weighted by molar-refractivity contribution is 0.0980. The van der Waals surface area contributed by atoms with Crippen LogP contribution in [0.5, 0.6) is 0 Å². The molecule has 2 fully saturated rings. The van der Waals surface area contributed by atoms with E-state index in [1.54, 1.807) is 11.8 Å². The number of thioether (sulfide) groups is 1. The minimum atomic E-state index is -0.0351. The molecule has 2 heterocycles. The van der Waals surface area contributed by atoms with Crippen LogP contribution in [0.2, 0.25) is 0 Å². The maximum Gasteiger partial charge on any atom is 0.315 e. The summed E-state index contributed by atoms with van der Waals surface area (Å²) in [7, 11) is 0. The smallest absolute Gasteiger partial charge is 0.315 e. The summed E-state index contributed by atoms with van der Waals surface area (Å²) >= 11 is 1.76. The number of hydrogen-bond donors (Lipinski definition) is 2. The van der Waals surface area contributed by atoms with Crippen molar-refractivity contribution in [2.45, 2.75) is 56.9 Å². The Morgan fingerprint density at radius 1 is 1.53 bits per heavy atom. The van der Waals surface area contributed by atoms with Crippen LogP contribution in [-0.2, 0) is 4.74 Å². The monoisotopic (exact) mass is 258 g/mol. The van der Waals surface area contributed by atoms with Gasteiger partial charge in [-0.05, 0) is 31.9 Å². The Labute approximate surface area is 107 Å². The summed E-state index contributed by atoms with van der Waals surface area (Å²) in [6, 6.07) is 0.456. The second-order valence-corrected chi connectivity index (χ2v) is 5.81. The topological polar surface area (TPSA) is 50.4 Å². The fourth-order valence-corrected chi connectivity index (χ4v) is 3.37. The van der Waals surface area contributed by atoms with Crippen LogP contribution in [-0.4, -0.2) is 42.3 Å². The number of amides is 2. The van der Waals surface area contributed by atoms with E-state index < -0.39 is 0 Å². The van der Waals surface area contributed by atoms with E-state index in [0.29, 0.717) is 6.10 Å². The highest BCUT2D eigenvalue weighted by molar-refractivity contribution is 7.98. The van der Waals surface area contributed by atoms with Gasteiger partial charge in [0, 0.05) is 11.8 Å².